The molecule has 8 nitrogen and oxygen atoms in total. The second kappa shape index (κ2) is 13.4. The number of hydrogen-bond acceptors (Lipinski definition) is 6. The highest BCUT2D eigenvalue weighted by molar-refractivity contribution is 5.73. The van der Waals surface area contributed by atoms with Gasteiger partial charge >= 0.3 is 6.03 Å². The van der Waals surface area contributed by atoms with Gasteiger partial charge in [0.25, 0.3) is 0 Å². The van der Waals surface area contributed by atoms with Gasteiger partial charge in [0.15, 0.2) is 0 Å². The van der Waals surface area contributed by atoms with Crippen molar-refractivity contribution in [2.24, 2.45) is 0 Å². The largest absolute Gasteiger partial charge is 0.394 e. The van der Waals surface area contributed by atoms with Gasteiger partial charge in [-0.15, -0.1) is 0 Å². The van der Waals surface area contributed by atoms with Crippen LogP contribution in [-0.2, 0) is 0 Å². The van der Waals surface area contributed by atoms with Crippen molar-refractivity contribution in [2.45, 2.75) is 69.9 Å². The molecule has 144 valence electrons. The lowest BCUT2D eigenvalue weighted by Crippen LogP contribution is -2.51. The quantitative estimate of drug-likeness (QED) is 0.246. The van der Waals surface area contributed by atoms with Gasteiger partial charge in [-0.3, -0.25) is 0 Å². The Kier molecular flexibility index (Phi) is 12.9. The first kappa shape index (κ1) is 23.1. The maximum absolute atomic E-state index is 11.9. The zero-order chi connectivity index (χ0) is 18.5. The summed E-state index contributed by atoms with van der Waals surface area (Å²) in [6.45, 7) is 1.75. The van der Waals surface area contributed by atoms with E-state index in [4.69, 9.17) is 5.11 Å². The van der Waals surface area contributed by atoms with E-state index >= 15 is 0 Å². The van der Waals surface area contributed by atoms with Crippen LogP contribution in [0.25, 0.3) is 0 Å². The molecule has 4 atom stereocenters. The van der Waals surface area contributed by atoms with Crippen LogP contribution >= 0.6 is 0 Å². The van der Waals surface area contributed by atoms with E-state index in [1.807, 2.05) is 0 Å². The van der Waals surface area contributed by atoms with E-state index in [-0.39, 0.29) is 12.6 Å². The highest BCUT2D eigenvalue weighted by Crippen LogP contribution is 2.07. The predicted molar refractivity (Wildman–Crippen MR) is 90.5 cm³/mol. The molecule has 0 spiro atoms. The summed E-state index contributed by atoms with van der Waals surface area (Å²) in [5, 5.41) is 49.7. The van der Waals surface area contributed by atoms with Crippen LogP contribution in [-0.4, -0.2) is 87.6 Å². The summed E-state index contributed by atoms with van der Waals surface area (Å²) in [5.41, 5.74) is 0. The smallest absolute Gasteiger partial charge is 0.317 e. The molecule has 0 aromatic rings. The standard InChI is InChI=1S/C16H34N2O6/c1-3-4-5-6-7-8-9-17-16(24)18(2)10-12(20)14(22)15(23)13(21)11-19/h12-15,19-23H,3-11H2,1-2H3,(H,17,24)/t12-,13+,14+,15+/m0/s1. The lowest BCUT2D eigenvalue weighted by Gasteiger charge is -2.28. The van der Waals surface area contributed by atoms with Crippen LogP contribution in [0.5, 0.6) is 0 Å². The zero-order valence-electron chi connectivity index (χ0n) is 14.8. The van der Waals surface area contributed by atoms with Crippen LogP contribution in [0.3, 0.4) is 0 Å². The van der Waals surface area contributed by atoms with E-state index in [0.717, 1.165) is 19.3 Å². The Morgan fingerprint density at radius 2 is 1.50 bits per heavy atom. The summed E-state index contributed by atoms with van der Waals surface area (Å²) < 4.78 is 0. The summed E-state index contributed by atoms with van der Waals surface area (Å²) in [7, 11) is 1.46. The molecule has 0 fully saturated rings. The van der Waals surface area contributed by atoms with Crippen LogP contribution in [0.2, 0.25) is 0 Å². The van der Waals surface area contributed by atoms with Crippen LogP contribution in [0.15, 0.2) is 0 Å². The SMILES string of the molecule is CCCCCCCCNC(=O)N(C)C[C@H](O)[C@@H](O)[C@H](O)[C@H](O)CO. The first-order valence-corrected chi connectivity index (χ1v) is 8.67. The van der Waals surface area contributed by atoms with Crippen molar-refractivity contribution >= 4 is 6.03 Å². The number of likely N-dealkylation sites (N-methyl/N-ethyl adjacent to an activating group) is 1. The monoisotopic (exact) mass is 350 g/mol. The van der Waals surface area contributed by atoms with Crippen LogP contribution in [0.4, 0.5) is 4.79 Å². The number of aliphatic hydroxyl groups is 5. The van der Waals surface area contributed by atoms with Gasteiger partial charge in [-0.25, -0.2) is 4.79 Å². The second-order valence-electron chi connectivity index (χ2n) is 6.18. The van der Waals surface area contributed by atoms with Crippen molar-refractivity contribution < 1.29 is 30.3 Å². The van der Waals surface area contributed by atoms with Gasteiger partial charge in [-0.2, -0.15) is 0 Å². The Hall–Kier alpha value is -0.930. The molecule has 0 rings (SSSR count). The van der Waals surface area contributed by atoms with Crippen LogP contribution in [0.1, 0.15) is 45.4 Å². The van der Waals surface area contributed by atoms with E-state index in [1.165, 1.54) is 31.2 Å². The minimum atomic E-state index is -1.69. The third-order valence-corrected chi connectivity index (χ3v) is 3.94. The number of carbonyl (C=O) groups excluding carboxylic acids is 1. The van der Waals surface area contributed by atoms with Gasteiger partial charge in [-0.1, -0.05) is 39.0 Å². The third kappa shape index (κ3) is 9.39. The van der Waals surface area contributed by atoms with Gasteiger partial charge in [0.05, 0.1) is 13.2 Å². The van der Waals surface area contributed by atoms with Gasteiger partial charge < -0.3 is 35.7 Å². The van der Waals surface area contributed by atoms with Gasteiger partial charge in [0.1, 0.15) is 24.4 Å². The van der Waals surface area contributed by atoms with E-state index < -0.39 is 31.0 Å². The van der Waals surface area contributed by atoms with Gasteiger partial charge in [-0.05, 0) is 6.42 Å². The van der Waals surface area contributed by atoms with E-state index in [0.29, 0.717) is 6.54 Å². The fraction of sp³-hybridized carbons (Fsp3) is 0.938. The molecule has 0 radical (unpaired) electrons. The summed E-state index contributed by atoms with van der Waals surface area (Å²) >= 11 is 0. The zero-order valence-corrected chi connectivity index (χ0v) is 14.8. The first-order chi connectivity index (χ1) is 11.3. The molecule has 6 N–H and O–H groups in total. The fourth-order valence-corrected chi connectivity index (χ4v) is 2.27. The molecule has 0 aromatic heterocycles. The fourth-order valence-electron chi connectivity index (χ4n) is 2.27. The number of aliphatic hydroxyl groups excluding tert-OH is 5. The van der Waals surface area contributed by atoms with Gasteiger partial charge in [0.2, 0.25) is 0 Å². The number of nitrogens with zero attached hydrogens (tertiary/aromatic N) is 1. The molecule has 2 amide bonds. The first-order valence-electron chi connectivity index (χ1n) is 8.67. The van der Waals surface area contributed by atoms with Crippen molar-refractivity contribution in [1.29, 1.82) is 0 Å². The number of amides is 2. The third-order valence-electron chi connectivity index (χ3n) is 3.94. The molecule has 24 heavy (non-hydrogen) atoms. The molecule has 0 unspecified atom stereocenters. The lowest BCUT2D eigenvalue weighted by molar-refractivity contribution is -0.117. The highest BCUT2D eigenvalue weighted by atomic mass is 16.4. The van der Waals surface area contributed by atoms with Crippen molar-refractivity contribution in [3.8, 4) is 0 Å². The Balaban J connectivity index is 3.99. The van der Waals surface area contributed by atoms with Crippen molar-refractivity contribution in [3.05, 3.63) is 0 Å². The molecule has 0 aromatic carbocycles. The molecule has 0 saturated carbocycles. The Labute approximate surface area is 144 Å². The molecular weight excluding hydrogens is 316 g/mol. The summed E-state index contributed by atoms with van der Waals surface area (Å²) in [4.78, 5) is 13.1. The molecule has 0 aliphatic rings. The summed E-state index contributed by atoms with van der Waals surface area (Å²) in [5.74, 6) is 0. The van der Waals surface area contributed by atoms with E-state index in [9.17, 15) is 25.2 Å². The molecular formula is C16H34N2O6. The predicted octanol–water partition coefficient (Wildman–Crippen LogP) is -0.576. The van der Waals surface area contributed by atoms with E-state index in [1.54, 1.807) is 0 Å². The van der Waals surface area contributed by atoms with Crippen molar-refractivity contribution in [3.63, 3.8) is 0 Å². The number of nitrogens with one attached hydrogen (secondary N) is 1. The van der Waals surface area contributed by atoms with Crippen molar-refractivity contribution in [2.75, 3.05) is 26.7 Å². The number of rotatable bonds is 13. The average molecular weight is 350 g/mol. The second-order valence-corrected chi connectivity index (χ2v) is 6.18. The van der Waals surface area contributed by atoms with E-state index in [2.05, 4.69) is 12.2 Å². The molecule has 0 aliphatic carbocycles. The Morgan fingerprint density at radius 1 is 0.958 bits per heavy atom. The highest BCUT2D eigenvalue weighted by Gasteiger charge is 2.31. The maximum Gasteiger partial charge on any atom is 0.317 e. The molecule has 0 bridgehead atoms. The van der Waals surface area contributed by atoms with Crippen LogP contribution < -0.4 is 5.32 Å². The van der Waals surface area contributed by atoms with Crippen LogP contribution in [0, 0.1) is 0 Å². The van der Waals surface area contributed by atoms with Crippen molar-refractivity contribution in [1.82, 2.24) is 10.2 Å². The number of hydrogen-bond donors (Lipinski definition) is 6. The molecule has 0 aliphatic heterocycles. The lowest BCUT2D eigenvalue weighted by atomic mass is 10.0. The summed E-state index contributed by atoms with van der Waals surface area (Å²) in [6, 6.07) is -0.382. The molecule has 8 heteroatoms. The minimum absolute atomic E-state index is 0.210. The molecule has 0 saturated heterocycles. The average Bonchev–Trinajstić information content (AvgIpc) is 2.58. The minimum Gasteiger partial charge on any atom is -0.394 e. The molecule has 0 heterocycles. The maximum atomic E-state index is 11.9. The summed E-state index contributed by atoms with van der Waals surface area (Å²) in [6.07, 6.45) is 0.364. The number of unbranched alkanes of at least 4 members (excludes halogenated alkanes) is 5. The van der Waals surface area contributed by atoms with Gasteiger partial charge in [0, 0.05) is 13.6 Å². The number of carbonyl (C=O) groups is 1. The topological polar surface area (TPSA) is 133 Å². The normalized spacial score (nSPS) is 16.3. The number of urea groups is 1. The Morgan fingerprint density at radius 3 is 2.08 bits per heavy atom. The Bertz CT molecular complexity index is 332.